The number of fused-ring (bicyclic) bond motifs is 2. The van der Waals surface area contributed by atoms with Gasteiger partial charge in [0.05, 0.1) is 55.0 Å². The lowest BCUT2D eigenvalue weighted by Gasteiger charge is -2.17. The van der Waals surface area contributed by atoms with Gasteiger partial charge in [-0.3, -0.25) is 24.5 Å². The Morgan fingerprint density at radius 3 is 1.52 bits per heavy atom. The first-order chi connectivity index (χ1) is 32.7. The standard InChI is InChI=1S/C12H12ClNO4.C10H10ClNO3.C10H8ClNO2.C9H6ClNO2.C6H4ClNO/c1-7(12(16)17-3)11(18-8(2)15)10-6-9(13)4-5-14-10;1-6(10(14)15-2)9(13)8-5-7(11)3-4-12-8;1-14-10(13)7-4-9-5-8(11)2-3-12(9)6-7;10-7-1-2-11-5-6(9(12)13)3-8(11)4-7;7-5-1-2-8-6(3-5)4-9/h4-6,11H,1H2,2-3H3;3-5,9,13H,1H2,2H3;2-6H,1H3;1-5H,(H,12,13);1-4H. The molecule has 0 fully saturated rings. The lowest BCUT2D eigenvalue weighted by atomic mass is 10.1. The number of esters is 4. The smallest absolute Gasteiger partial charge is 0.339 e. The molecule has 0 aliphatic carbocycles. The van der Waals surface area contributed by atoms with Crippen LogP contribution in [0, 0.1) is 0 Å². The predicted octanol–water partition coefficient (Wildman–Crippen LogP) is 9.78. The third-order valence-corrected chi connectivity index (χ3v) is 9.69. The number of carbonyl (C=O) groups is 6. The maximum absolute atomic E-state index is 11.4. The molecule has 0 aliphatic heterocycles. The number of aliphatic hydroxyl groups is 1. The van der Waals surface area contributed by atoms with Gasteiger partial charge in [-0.2, -0.15) is 0 Å². The second kappa shape index (κ2) is 27.6. The quantitative estimate of drug-likeness (QED) is 0.0562. The molecule has 2 N–H and O–H groups in total. The minimum Gasteiger partial charge on any atom is -0.478 e. The van der Waals surface area contributed by atoms with Gasteiger partial charge in [0.1, 0.15) is 11.8 Å². The first-order valence-electron chi connectivity index (χ1n) is 19.3. The number of aromatic carboxylic acids is 1. The highest BCUT2D eigenvalue weighted by molar-refractivity contribution is 6.32. The van der Waals surface area contributed by atoms with Crippen LogP contribution in [0.4, 0.5) is 0 Å². The van der Waals surface area contributed by atoms with Gasteiger partial charge in [-0.25, -0.2) is 19.2 Å². The highest BCUT2D eigenvalue weighted by Gasteiger charge is 2.26. The van der Waals surface area contributed by atoms with Crippen molar-refractivity contribution < 1.29 is 57.9 Å². The van der Waals surface area contributed by atoms with Gasteiger partial charge in [0.25, 0.3) is 0 Å². The van der Waals surface area contributed by atoms with E-state index < -0.39 is 36.1 Å². The van der Waals surface area contributed by atoms with Crippen LogP contribution < -0.4 is 0 Å². The summed E-state index contributed by atoms with van der Waals surface area (Å²) in [5.74, 6) is -3.19. The molecule has 360 valence electrons. The van der Waals surface area contributed by atoms with E-state index in [1.807, 2.05) is 4.40 Å². The van der Waals surface area contributed by atoms with Crippen LogP contribution >= 0.6 is 58.0 Å². The molecule has 17 nitrogen and oxygen atoms in total. The van der Waals surface area contributed by atoms with E-state index in [1.165, 1.54) is 65.0 Å². The van der Waals surface area contributed by atoms with E-state index in [0.717, 1.165) is 11.0 Å². The Morgan fingerprint density at radius 1 is 0.623 bits per heavy atom. The summed E-state index contributed by atoms with van der Waals surface area (Å²) in [5, 5.41) is 21.0. The number of carbonyl (C=O) groups excluding carboxylic acids is 5. The number of hydrogen-bond donors (Lipinski definition) is 2. The van der Waals surface area contributed by atoms with E-state index in [2.05, 4.69) is 42.3 Å². The highest BCUT2D eigenvalue weighted by atomic mass is 35.5. The van der Waals surface area contributed by atoms with Crippen molar-refractivity contribution in [1.82, 2.24) is 23.8 Å². The van der Waals surface area contributed by atoms with E-state index in [9.17, 15) is 33.9 Å². The maximum atomic E-state index is 11.4. The van der Waals surface area contributed by atoms with Crippen molar-refractivity contribution in [2.24, 2.45) is 0 Å². The third kappa shape index (κ3) is 17.8. The van der Waals surface area contributed by atoms with Gasteiger partial charge < -0.3 is 38.0 Å². The number of aldehydes is 1. The highest BCUT2D eigenvalue weighted by Crippen LogP contribution is 2.26. The fourth-order valence-electron chi connectivity index (χ4n) is 5.27. The minimum atomic E-state index is -1.20. The van der Waals surface area contributed by atoms with Gasteiger partial charge in [0, 0.05) is 86.4 Å². The lowest BCUT2D eigenvalue weighted by Crippen LogP contribution is -2.18. The molecule has 2 unspecified atom stereocenters. The van der Waals surface area contributed by atoms with Crippen molar-refractivity contribution in [2.75, 3.05) is 21.3 Å². The van der Waals surface area contributed by atoms with Gasteiger partial charge >= 0.3 is 29.8 Å². The zero-order chi connectivity index (χ0) is 51.4. The van der Waals surface area contributed by atoms with Crippen LogP contribution in [0.25, 0.3) is 11.0 Å². The van der Waals surface area contributed by atoms with Crippen LogP contribution in [0.5, 0.6) is 0 Å². The number of ether oxygens (including phenoxy) is 4. The number of aromatic nitrogens is 5. The molecule has 2 atom stereocenters. The zero-order valence-electron chi connectivity index (χ0n) is 36.7. The van der Waals surface area contributed by atoms with Crippen molar-refractivity contribution in [3.8, 4) is 0 Å². The molecule has 7 rings (SSSR count). The van der Waals surface area contributed by atoms with Crippen molar-refractivity contribution in [3.63, 3.8) is 0 Å². The summed E-state index contributed by atoms with van der Waals surface area (Å²) in [6.07, 6.45) is 9.60. The molecular formula is C47H40Cl5N5O12. The second-order valence-electron chi connectivity index (χ2n) is 13.3. The Balaban J connectivity index is 0.000000231. The number of rotatable bonds is 10. The molecule has 0 amide bonds. The molecular weight excluding hydrogens is 1000 g/mol. The molecule has 0 saturated carbocycles. The first kappa shape index (κ1) is 56.2. The SMILES string of the molecule is C=C(C(=O)OC)C(O)c1cc(Cl)ccn1.C=C(C(=O)OC)C(OC(C)=O)c1cc(Cl)ccn1.COC(=O)c1cc2cc(Cl)ccn2c1.O=C(O)c1cc2cc(Cl)ccn2c1.O=Cc1cc(Cl)ccn1. The average molecular weight is 1040 g/mol. The largest absolute Gasteiger partial charge is 0.478 e. The van der Waals surface area contributed by atoms with Crippen LogP contribution in [0.2, 0.25) is 25.1 Å². The summed E-state index contributed by atoms with van der Waals surface area (Å²) in [5.41, 5.74) is 3.28. The van der Waals surface area contributed by atoms with Gasteiger partial charge in [-0.15, -0.1) is 0 Å². The van der Waals surface area contributed by atoms with Gasteiger partial charge in [0.15, 0.2) is 12.4 Å². The summed E-state index contributed by atoms with van der Waals surface area (Å²) in [7, 11) is 3.78. The van der Waals surface area contributed by atoms with E-state index in [4.69, 9.17) is 67.8 Å². The Morgan fingerprint density at radius 2 is 1.07 bits per heavy atom. The Labute approximate surface area is 419 Å². The number of halogens is 5. The topological polar surface area (TPSA) is 227 Å². The van der Waals surface area contributed by atoms with Gasteiger partial charge in [-0.05, 0) is 72.8 Å². The first-order valence-corrected chi connectivity index (χ1v) is 21.2. The number of pyridine rings is 5. The molecule has 7 heterocycles. The van der Waals surface area contributed by atoms with E-state index >= 15 is 0 Å². The summed E-state index contributed by atoms with van der Waals surface area (Å²) < 4.78 is 22.1. The fraction of sp³-hybridized carbons (Fsp3) is 0.128. The van der Waals surface area contributed by atoms with Crippen molar-refractivity contribution >= 4 is 105 Å². The molecule has 0 aliphatic rings. The van der Waals surface area contributed by atoms with E-state index in [0.29, 0.717) is 48.4 Å². The number of aliphatic hydroxyl groups excluding tert-OH is 1. The van der Waals surface area contributed by atoms with Gasteiger partial charge in [-0.1, -0.05) is 71.2 Å². The Bertz CT molecular complexity index is 2980. The van der Waals surface area contributed by atoms with Crippen molar-refractivity contribution in [1.29, 1.82) is 0 Å². The number of hydrogen-bond acceptors (Lipinski definition) is 14. The molecule has 22 heteroatoms. The van der Waals surface area contributed by atoms with Crippen LogP contribution in [0.3, 0.4) is 0 Å². The van der Waals surface area contributed by atoms with E-state index in [-0.39, 0.29) is 28.4 Å². The van der Waals surface area contributed by atoms with Crippen molar-refractivity contribution in [3.05, 3.63) is 194 Å². The molecule has 69 heavy (non-hydrogen) atoms. The molecule has 0 aromatic carbocycles. The molecule has 0 bridgehead atoms. The molecule has 0 spiro atoms. The number of carboxylic acid groups (broad SMARTS) is 1. The lowest BCUT2D eigenvalue weighted by molar-refractivity contribution is -0.147. The number of methoxy groups -OCH3 is 3. The summed E-state index contributed by atoms with van der Waals surface area (Å²) in [6.45, 7) is 8.20. The fourth-order valence-corrected chi connectivity index (χ4v) is 6.11. The second-order valence-corrected chi connectivity index (χ2v) is 15.5. The van der Waals surface area contributed by atoms with Crippen molar-refractivity contribution in [2.45, 2.75) is 19.1 Å². The normalized spacial score (nSPS) is 10.9. The minimum absolute atomic E-state index is 0.0255. The third-order valence-electron chi connectivity index (χ3n) is 8.51. The zero-order valence-corrected chi connectivity index (χ0v) is 40.5. The number of carboxylic acids is 1. The summed E-state index contributed by atoms with van der Waals surface area (Å²) in [6, 6.07) is 19.5. The summed E-state index contributed by atoms with van der Waals surface area (Å²) in [4.78, 5) is 77.0. The van der Waals surface area contributed by atoms with Crippen LogP contribution in [0.1, 0.15) is 61.7 Å². The predicted molar refractivity (Wildman–Crippen MR) is 258 cm³/mol. The average Bonchev–Trinajstić information content (AvgIpc) is 3.97. The summed E-state index contributed by atoms with van der Waals surface area (Å²) >= 11 is 28.6. The maximum Gasteiger partial charge on any atom is 0.339 e. The monoisotopic (exact) mass is 1040 g/mol. The molecule has 7 aromatic heterocycles. The number of nitrogens with zero attached hydrogens (tertiary/aromatic N) is 5. The van der Waals surface area contributed by atoms with Gasteiger partial charge in [0.2, 0.25) is 0 Å². The van der Waals surface area contributed by atoms with E-state index in [1.54, 1.807) is 83.8 Å². The molecule has 0 saturated heterocycles. The molecule has 0 radical (unpaired) electrons. The van der Waals surface area contributed by atoms with Crippen LogP contribution in [0.15, 0.2) is 140 Å². The van der Waals surface area contributed by atoms with Crippen LogP contribution in [-0.4, -0.2) is 91.4 Å². The molecule has 7 aromatic rings. The Kier molecular flexibility index (Phi) is 22.5. The Hall–Kier alpha value is -7.12. The van der Waals surface area contributed by atoms with Crippen LogP contribution in [-0.2, 0) is 33.3 Å².